The fourth-order valence-electron chi connectivity index (χ4n) is 1.84. The lowest BCUT2D eigenvalue weighted by Crippen LogP contribution is -2.29. The smallest absolute Gasteiger partial charge is 0.0798 e. The molecule has 2 heterocycles. The zero-order valence-corrected chi connectivity index (χ0v) is 13.6. The van der Waals surface area contributed by atoms with Crippen molar-refractivity contribution >= 4 is 38.6 Å². The number of aromatic nitrogens is 1. The highest BCUT2D eigenvalue weighted by molar-refractivity contribution is 9.11. The second-order valence-electron chi connectivity index (χ2n) is 4.17. The van der Waals surface area contributed by atoms with E-state index in [-0.39, 0.29) is 6.04 Å². The van der Waals surface area contributed by atoms with Crippen molar-refractivity contribution in [2.24, 2.45) is 5.73 Å². The van der Waals surface area contributed by atoms with E-state index in [1.165, 1.54) is 9.75 Å². The Balaban J connectivity index is 2.11. The van der Waals surface area contributed by atoms with Gasteiger partial charge in [0.2, 0.25) is 0 Å². The van der Waals surface area contributed by atoms with Gasteiger partial charge in [-0.15, -0.1) is 22.7 Å². The molecule has 6 heteroatoms. The molecule has 0 saturated carbocycles. The summed E-state index contributed by atoms with van der Waals surface area (Å²) in [6.45, 7) is 3.58. The van der Waals surface area contributed by atoms with Crippen LogP contribution in [0.1, 0.15) is 21.5 Å². The zero-order valence-electron chi connectivity index (χ0n) is 10.4. The average Bonchev–Trinajstić information content (AvgIpc) is 2.91. The number of thiazole rings is 1. The minimum atomic E-state index is 0.266. The maximum absolute atomic E-state index is 5.92. The summed E-state index contributed by atoms with van der Waals surface area (Å²) >= 11 is 6.96. The van der Waals surface area contributed by atoms with Gasteiger partial charge in [0.05, 0.1) is 21.0 Å². The van der Waals surface area contributed by atoms with Gasteiger partial charge in [-0.3, -0.25) is 4.90 Å². The second-order valence-corrected chi connectivity index (χ2v) is 7.60. The number of likely N-dealkylation sites (N-methyl/N-ethyl adjacent to an activating group) is 1. The monoisotopic (exact) mass is 345 g/mol. The van der Waals surface area contributed by atoms with E-state index in [1.54, 1.807) is 22.7 Å². The highest BCUT2D eigenvalue weighted by Crippen LogP contribution is 2.30. The first-order valence-corrected chi connectivity index (χ1v) is 8.15. The summed E-state index contributed by atoms with van der Waals surface area (Å²) in [6, 6.07) is 4.49. The fraction of sp³-hybridized carbons (Fsp3) is 0.417. The van der Waals surface area contributed by atoms with Crippen molar-refractivity contribution in [3.05, 3.63) is 36.9 Å². The van der Waals surface area contributed by atoms with Crippen LogP contribution in [0, 0.1) is 6.92 Å². The number of thiophene rings is 1. The van der Waals surface area contributed by atoms with E-state index in [0.29, 0.717) is 6.54 Å². The molecule has 0 aliphatic carbocycles. The SMILES string of the molecule is Cc1ncsc1CN(C)C(CN)c1ccc(Br)s1. The average molecular weight is 346 g/mol. The van der Waals surface area contributed by atoms with Crippen LogP contribution in [-0.2, 0) is 6.54 Å². The Hall–Kier alpha value is -0.270. The van der Waals surface area contributed by atoms with Gasteiger partial charge in [-0.25, -0.2) is 4.98 Å². The molecule has 0 saturated heterocycles. The normalized spacial score (nSPS) is 13.2. The van der Waals surface area contributed by atoms with Crippen molar-refractivity contribution in [1.29, 1.82) is 0 Å². The molecular weight excluding hydrogens is 330 g/mol. The predicted octanol–water partition coefficient (Wildman–Crippen LogP) is 3.41. The Kier molecular flexibility index (Phi) is 4.91. The van der Waals surface area contributed by atoms with Crippen LogP contribution in [0.15, 0.2) is 21.4 Å². The van der Waals surface area contributed by atoms with Crippen molar-refractivity contribution in [3.8, 4) is 0 Å². The molecule has 1 unspecified atom stereocenters. The number of hydrogen-bond acceptors (Lipinski definition) is 5. The minimum Gasteiger partial charge on any atom is -0.329 e. The van der Waals surface area contributed by atoms with Crippen LogP contribution in [0.25, 0.3) is 0 Å². The van der Waals surface area contributed by atoms with Crippen LogP contribution < -0.4 is 5.73 Å². The number of hydrogen-bond donors (Lipinski definition) is 1. The molecule has 2 rings (SSSR count). The summed E-state index contributed by atoms with van der Waals surface area (Å²) in [5, 5.41) is 0. The van der Waals surface area contributed by atoms with E-state index in [2.05, 4.69) is 51.9 Å². The minimum absolute atomic E-state index is 0.266. The number of nitrogens with zero attached hydrogens (tertiary/aromatic N) is 2. The zero-order chi connectivity index (χ0) is 13.1. The largest absolute Gasteiger partial charge is 0.329 e. The molecule has 0 amide bonds. The van der Waals surface area contributed by atoms with E-state index in [1.807, 2.05) is 5.51 Å². The maximum Gasteiger partial charge on any atom is 0.0798 e. The van der Waals surface area contributed by atoms with E-state index in [4.69, 9.17) is 5.73 Å². The molecule has 0 aliphatic heterocycles. The van der Waals surface area contributed by atoms with E-state index < -0.39 is 0 Å². The van der Waals surface area contributed by atoms with Gasteiger partial charge in [0.25, 0.3) is 0 Å². The van der Waals surface area contributed by atoms with Crippen molar-refractivity contribution in [2.75, 3.05) is 13.6 Å². The molecule has 0 aromatic carbocycles. The lowest BCUT2D eigenvalue weighted by atomic mass is 10.2. The maximum atomic E-state index is 5.92. The van der Waals surface area contributed by atoms with Gasteiger partial charge in [0, 0.05) is 22.8 Å². The summed E-state index contributed by atoms with van der Waals surface area (Å²) in [5.41, 5.74) is 8.94. The number of halogens is 1. The third-order valence-corrected chi connectivity index (χ3v) is 5.56. The summed E-state index contributed by atoms with van der Waals surface area (Å²) in [7, 11) is 2.12. The molecule has 2 aromatic heterocycles. The van der Waals surface area contributed by atoms with Crippen LogP contribution in [-0.4, -0.2) is 23.5 Å². The van der Waals surface area contributed by atoms with Crippen molar-refractivity contribution in [2.45, 2.75) is 19.5 Å². The first-order chi connectivity index (χ1) is 8.61. The fourth-order valence-corrected chi connectivity index (χ4v) is 4.28. The number of aryl methyl sites for hydroxylation is 1. The highest BCUT2D eigenvalue weighted by Gasteiger charge is 2.18. The molecule has 2 N–H and O–H groups in total. The molecule has 0 radical (unpaired) electrons. The first kappa shape index (κ1) is 14.1. The molecule has 0 spiro atoms. The standard InChI is InChI=1S/C12H16BrN3S2/c1-8-11(17-7-15-8)6-16(2)9(5-14)10-3-4-12(13)18-10/h3-4,7,9H,5-6,14H2,1-2H3. The molecule has 1 atom stereocenters. The molecule has 0 fully saturated rings. The van der Waals surface area contributed by atoms with Gasteiger partial charge in [-0.2, -0.15) is 0 Å². The summed E-state index contributed by atoms with van der Waals surface area (Å²) < 4.78 is 1.15. The molecule has 3 nitrogen and oxygen atoms in total. The van der Waals surface area contributed by atoms with Crippen molar-refractivity contribution in [3.63, 3.8) is 0 Å². The topological polar surface area (TPSA) is 42.2 Å². The molecule has 18 heavy (non-hydrogen) atoms. The Morgan fingerprint density at radius 1 is 1.50 bits per heavy atom. The third kappa shape index (κ3) is 3.19. The number of nitrogens with two attached hydrogens (primary N) is 1. The molecule has 0 aliphatic rings. The van der Waals surface area contributed by atoms with Gasteiger partial charge in [0.1, 0.15) is 0 Å². The van der Waals surface area contributed by atoms with Crippen LogP contribution in [0.4, 0.5) is 0 Å². The van der Waals surface area contributed by atoms with Gasteiger partial charge < -0.3 is 5.73 Å². The van der Waals surface area contributed by atoms with Crippen LogP contribution >= 0.6 is 38.6 Å². The van der Waals surface area contributed by atoms with E-state index in [0.717, 1.165) is 16.0 Å². The molecule has 2 aromatic rings. The lowest BCUT2D eigenvalue weighted by Gasteiger charge is -2.25. The molecule has 98 valence electrons. The number of rotatable bonds is 5. The Labute approximate surface area is 124 Å². The van der Waals surface area contributed by atoms with Gasteiger partial charge in [-0.05, 0) is 42.0 Å². The Bertz CT molecular complexity index is 509. The second kappa shape index (κ2) is 6.25. The third-order valence-electron chi connectivity index (χ3n) is 2.92. The lowest BCUT2D eigenvalue weighted by molar-refractivity contribution is 0.246. The van der Waals surface area contributed by atoms with E-state index in [9.17, 15) is 0 Å². The van der Waals surface area contributed by atoms with Crippen molar-refractivity contribution in [1.82, 2.24) is 9.88 Å². The van der Waals surface area contributed by atoms with Gasteiger partial charge in [-0.1, -0.05) is 0 Å². The summed E-state index contributed by atoms with van der Waals surface area (Å²) in [4.78, 5) is 9.19. The van der Waals surface area contributed by atoms with Crippen LogP contribution in [0.3, 0.4) is 0 Å². The van der Waals surface area contributed by atoms with Gasteiger partial charge in [0.15, 0.2) is 0 Å². The van der Waals surface area contributed by atoms with E-state index >= 15 is 0 Å². The highest BCUT2D eigenvalue weighted by atomic mass is 79.9. The Morgan fingerprint density at radius 3 is 2.78 bits per heavy atom. The summed E-state index contributed by atoms with van der Waals surface area (Å²) in [6.07, 6.45) is 0. The van der Waals surface area contributed by atoms with Crippen molar-refractivity contribution < 1.29 is 0 Å². The molecule has 0 bridgehead atoms. The Morgan fingerprint density at radius 2 is 2.28 bits per heavy atom. The van der Waals surface area contributed by atoms with Gasteiger partial charge >= 0.3 is 0 Å². The summed E-state index contributed by atoms with van der Waals surface area (Å²) in [5.74, 6) is 0. The van der Waals surface area contributed by atoms with Crippen LogP contribution in [0.5, 0.6) is 0 Å². The quantitative estimate of drug-likeness (QED) is 0.902. The molecular formula is C12H16BrN3S2. The predicted molar refractivity (Wildman–Crippen MR) is 82.1 cm³/mol. The van der Waals surface area contributed by atoms with Crippen LogP contribution in [0.2, 0.25) is 0 Å². The first-order valence-electron chi connectivity index (χ1n) is 5.66.